The molecule has 1 aliphatic carbocycles. The van der Waals surface area contributed by atoms with Crippen molar-refractivity contribution < 1.29 is 18.7 Å². The van der Waals surface area contributed by atoms with E-state index in [0.29, 0.717) is 6.42 Å². The average molecular weight is 398 g/mol. The van der Waals surface area contributed by atoms with Crippen LogP contribution in [0.1, 0.15) is 56.3 Å². The van der Waals surface area contributed by atoms with Crippen LogP contribution < -0.4 is 10.6 Å². The molecule has 0 bridgehead atoms. The fraction of sp³-hybridized carbons (Fsp3) is 0.391. The van der Waals surface area contributed by atoms with Gasteiger partial charge in [-0.1, -0.05) is 36.4 Å². The summed E-state index contributed by atoms with van der Waals surface area (Å²) in [4.78, 5) is 25.2. The van der Waals surface area contributed by atoms with Gasteiger partial charge >= 0.3 is 6.09 Å². The zero-order valence-corrected chi connectivity index (χ0v) is 17.2. The number of nitrogens with one attached hydrogen (secondary N) is 2. The van der Waals surface area contributed by atoms with E-state index in [4.69, 9.17) is 4.74 Å². The lowest BCUT2D eigenvalue weighted by Gasteiger charge is -2.26. The maximum Gasteiger partial charge on any atom is 0.408 e. The van der Waals surface area contributed by atoms with Gasteiger partial charge in [0.1, 0.15) is 11.4 Å². The molecule has 5 nitrogen and oxygen atoms in total. The Hall–Kier alpha value is -2.89. The first-order valence-corrected chi connectivity index (χ1v) is 9.77. The minimum absolute atomic E-state index is 0.176. The molecule has 0 aliphatic heterocycles. The van der Waals surface area contributed by atoms with Gasteiger partial charge < -0.3 is 15.4 Å². The molecule has 0 heterocycles. The second kappa shape index (κ2) is 8.23. The largest absolute Gasteiger partial charge is 0.444 e. The van der Waals surface area contributed by atoms with Crippen molar-refractivity contribution in [1.29, 1.82) is 0 Å². The van der Waals surface area contributed by atoms with E-state index in [0.717, 1.165) is 16.7 Å². The smallest absolute Gasteiger partial charge is 0.408 e. The van der Waals surface area contributed by atoms with Crippen LogP contribution in [-0.2, 0) is 16.0 Å². The predicted molar refractivity (Wildman–Crippen MR) is 109 cm³/mol. The number of benzene rings is 2. The second-order valence-corrected chi connectivity index (χ2v) is 8.42. The summed E-state index contributed by atoms with van der Waals surface area (Å²) in [5.41, 5.74) is 2.17. The van der Waals surface area contributed by atoms with Crippen LogP contribution in [0.5, 0.6) is 0 Å². The molecular weight excluding hydrogens is 371 g/mol. The van der Waals surface area contributed by atoms with Crippen molar-refractivity contribution in [2.45, 2.75) is 57.7 Å². The Morgan fingerprint density at radius 1 is 1.07 bits per heavy atom. The van der Waals surface area contributed by atoms with Crippen LogP contribution in [0.15, 0.2) is 48.5 Å². The van der Waals surface area contributed by atoms with Crippen molar-refractivity contribution in [3.8, 4) is 0 Å². The zero-order valence-electron chi connectivity index (χ0n) is 17.2. The van der Waals surface area contributed by atoms with Crippen LogP contribution in [0.2, 0.25) is 0 Å². The summed E-state index contributed by atoms with van der Waals surface area (Å²) in [5, 5.41) is 5.96. The van der Waals surface area contributed by atoms with E-state index in [-0.39, 0.29) is 23.8 Å². The summed E-state index contributed by atoms with van der Waals surface area (Å²) in [6.07, 6.45) is 0.0865. The summed E-state index contributed by atoms with van der Waals surface area (Å²) in [5.74, 6) is -0.957. The van der Waals surface area contributed by atoms with Crippen LogP contribution in [0.3, 0.4) is 0 Å². The number of halogens is 1. The fourth-order valence-electron chi connectivity index (χ4n) is 3.55. The van der Waals surface area contributed by atoms with E-state index in [2.05, 4.69) is 10.6 Å². The van der Waals surface area contributed by atoms with E-state index in [1.807, 2.05) is 24.3 Å². The first kappa shape index (κ1) is 20.8. The van der Waals surface area contributed by atoms with Gasteiger partial charge in [0.2, 0.25) is 5.91 Å². The number of carbonyl (C=O) groups excluding carboxylic acids is 2. The number of hydrogen-bond donors (Lipinski definition) is 2. The fourth-order valence-corrected chi connectivity index (χ4v) is 3.55. The third-order valence-corrected chi connectivity index (χ3v) is 5.00. The maximum absolute atomic E-state index is 13.2. The molecule has 29 heavy (non-hydrogen) atoms. The van der Waals surface area contributed by atoms with Crippen LogP contribution in [0, 0.1) is 5.82 Å². The molecule has 2 aromatic rings. The highest BCUT2D eigenvalue weighted by Gasteiger charge is 2.36. The maximum atomic E-state index is 13.2. The number of rotatable bonds is 4. The number of alkyl carbamates (subject to hydrolysis) is 1. The SMILES string of the molecule is CC(C(=O)N[C@H]1Cc2ccccc2C1NC(=O)OC(C)(C)C)c1ccc(F)cc1. The van der Waals surface area contributed by atoms with Gasteiger partial charge in [-0.2, -0.15) is 0 Å². The lowest BCUT2D eigenvalue weighted by Crippen LogP contribution is -2.46. The first-order chi connectivity index (χ1) is 13.6. The molecule has 2 aromatic carbocycles. The van der Waals surface area contributed by atoms with Crippen LogP contribution in [-0.4, -0.2) is 23.6 Å². The van der Waals surface area contributed by atoms with Crippen molar-refractivity contribution in [3.63, 3.8) is 0 Å². The minimum atomic E-state index is -0.613. The van der Waals surface area contributed by atoms with Gasteiger partial charge in [0.15, 0.2) is 0 Å². The summed E-state index contributed by atoms with van der Waals surface area (Å²) in [6, 6.07) is 13.0. The van der Waals surface area contributed by atoms with E-state index < -0.39 is 17.6 Å². The molecular formula is C23H27FN2O3. The van der Waals surface area contributed by atoms with Gasteiger partial charge in [-0.25, -0.2) is 9.18 Å². The number of fused-ring (bicyclic) bond motifs is 1. The molecule has 6 heteroatoms. The highest BCUT2D eigenvalue weighted by atomic mass is 19.1. The molecule has 0 radical (unpaired) electrons. The Kier molecular flexibility index (Phi) is 5.91. The van der Waals surface area contributed by atoms with E-state index >= 15 is 0 Å². The summed E-state index contributed by atoms with van der Waals surface area (Å²) >= 11 is 0. The third-order valence-electron chi connectivity index (χ3n) is 5.00. The van der Waals surface area contributed by atoms with Gasteiger partial charge in [0.05, 0.1) is 18.0 Å². The molecule has 1 aliphatic rings. The standard InChI is InChI=1S/C23H27FN2O3/c1-14(15-9-11-17(24)12-10-15)21(27)25-19-13-16-7-5-6-8-18(16)20(19)26-22(28)29-23(2,3)4/h5-12,14,19-20H,13H2,1-4H3,(H,25,27)(H,26,28)/t14?,19-,20?/m0/s1. The molecule has 0 saturated heterocycles. The summed E-state index contributed by atoms with van der Waals surface area (Å²) < 4.78 is 18.6. The highest BCUT2D eigenvalue weighted by Crippen LogP contribution is 2.32. The molecule has 2 N–H and O–H groups in total. The summed E-state index contributed by atoms with van der Waals surface area (Å²) in [6.45, 7) is 7.19. The third kappa shape index (κ3) is 5.13. The zero-order chi connectivity index (χ0) is 21.2. The van der Waals surface area contributed by atoms with Crippen LogP contribution in [0.4, 0.5) is 9.18 Å². The highest BCUT2D eigenvalue weighted by molar-refractivity contribution is 5.84. The van der Waals surface area contributed by atoms with Gasteiger partial charge in [-0.3, -0.25) is 4.79 Å². The van der Waals surface area contributed by atoms with E-state index in [9.17, 15) is 14.0 Å². The van der Waals surface area contributed by atoms with Crippen molar-refractivity contribution in [2.24, 2.45) is 0 Å². The number of carbonyl (C=O) groups is 2. The van der Waals surface area contributed by atoms with Crippen LogP contribution in [0.25, 0.3) is 0 Å². The summed E-state index contributed by atoms with van der Waals surface area (Å²) in [7, 11) is 0. The molecule has 2 amide bonds. The monoisotopic (exact) mass is 398 g/mol. The molecule has 2 unspecified atom stereocenters. The van der Waals surface area contributed by atoms with Gasteiger partial charge in [-0.15, -0.1) is 0 Å². The number of amides is 2. The van der Waals surface area contributed by atoms with Crippen LogP contribution >= 0.6 is 0 Å². The number of hydrogen-bond acceptors (Lipinski definition) is 3. The molecule has 3 atom stereocenters. The molecule has 0 fully saturated rings. The lowest BCUT2D eigenvalue weighted by molar-refractivity contribution is -0.123. The van der Waals surface area contributed by atoms with Crippen molar-refractivity contribution in [3.05, 3.63) is 71.0 Å². The van der Waals surface area contributed by atoms with Crippen molar-refractivity contribution in [2.75, 3.05) is 0 Å². The van der Waals surface area contributed by atoms with E-state index in [1.165, 1.54) is 12.1 Å². The molecule has 0 saturated carbocycles. The lowest BCUT2D eigenvalue weighted by atomic mass is 9.99. The van der Waals surface area contributed by atoms with E-state index in [1.54, 1.807) is 39.8 Å². The number of ether oxygens (including phenoxy) is 1. The Morgan fingerprint density at radius 3 is 2.38 bits per heavy atom. The normalized spacial score (nSPS) is 19.2. The van der Waals surface area contributed by atoms with Crippen molar-refractivity contribution in [1.82, 2.24) is 10.6 Å². The van der Waals surface area contributed by atoms with Crippen molar-refractivity contribution >= 4 is 12.0 Å². The Bertz CT molecular complexity index is 890. The van der Waals surface area contributed by atoms with Gasteiger partial charge in [-0.05, 0) is 62.9 Å². The minimum Gasteiger partial charge on any atom is -0.444 e. The topological polar surface area (TPSA) is 67.4 Å². The predicted octanol–water partition coefficient (Wildman–Crippen LogP) is 4.24. The molecule has 154 valence electrons. The Balaban J connectivity index is 1.75. The average Bonchev–Trinajstić information content (AvgIpc) is 2.97. The Morgan fingerprint density at radius 2 is 1.72 bits per heavy atom. The van der Waals surface area contributed by atoms with Gasteiger partial charge in [0.25, 0.3) is 0 Å². The van der Waals surface area contributed by atoms with Gasteiger partial charge in [0, 0.05) is 0 Å². The quantitative estimate of drug-likeness (QED) is 0.810. The molecule has 0 spiro atoms. The Labute approximate surface area is 170 Å². The molecule has 0 aromatic heterocycles. The first-order valence-electron chi connectivity index (χ1n) is 9.77. The second-order valence-electron chi connectivity index (χ2n) is 8.42. The molecule has 3 rings (SSSR count).